The molecule has 16 heavy (non-hydrogen) atoms. The van der Waals surface area contributed by atoms with Crippen molar-refractivity contribution in [3.05, 3.63) is 35.5 Å². The van der Waals surface area contributed by atoms with E-state index in [0.29, 0.717) is 6.42 Å². The first-order valence-corrected chi connectivity index (χ1v) is 4.98. The number of carboxylic acids is 1. The van der Waals surface area contributed by atoms with Gasteiger partial charge in [-0.1, -0.05) is 12.1 Å². The second kappa shape index (κ2) is 3.98. The van der Waals surface area contributed by atoms with Gasteiger partial charge in [-0.25, -0.2) is 0 Å². The van der Waals surface area contributed by atoms with E-state index in [4.69, 9.17) is 12.2 Å². The van der Waals surface area contributed by atoms with Gasteiger partial charge >= 0.3 is 5.97 Å². The number of carbonyl (C=O) groups is 1. The Labute approximate surface area is 94.5 Å². The number of nitrogens with two attached hydrogens (primary N) is 1. The van der Waals surface area contributed by atoms with Crippen LogP contribution in [0.25, 0.3) is 10.9 Å². The molecule has 0 fully saturated rings. The molecule has 0 bridgehead atoms. The molecule has 4 heteroatoms. The third-order valence-electron chi connectivity index (χ3n) is 2.59. The number of carboxylic acid groups (broad SMARTS) is 1. The van der Waals surface area contributed by atoms with Crippen LogP contribution in [-0.4, -0.2) is 22.1 Å². The van der Waals surface area contributed by atoms with Crippen LogP contribution in [0.15, 0.2) is 24.4 Å². The van der Waals surface area contributed by atoms with Crippen molar-refractivity contribution in [3.8, 4) is 0 Å². The molecule has 0 aliphatic carbocycles. The van der Waals surface area contributed by atoms with E-state index in [-0.39, 0.29) is 6.90 Å². The van der Waals surface area contributed by atoms with E-state index in [9.17, 15) is 4.79 Å². The average molecular weight is 219 g/mol. The second-order valence-corrected chi connectivity index (χ2v) is 3.84. The Bertz CT molecular complexity index is 550. The third-order valence-corrected chi connectivity index (χ3v) is 2.59. The first-order chi connectivity index (χ1) is 8.11. The maximum absolute atomic E-state index is 10.7. The summed E-state index contributed by atoms with van der Waals surface area (Å²) in [6.45, 7) is 0.235. The fourth-order valence-electron chi connectivity index (χ4n) is 1.73. The molecule has 2 rings (SSSR count). The Balaban J connectivity index is 2.33. The van der Waals surface area contributed by atoms with Crippen LogP contribution in [0.2, 0.25) is 0 Å². The van der Waals surface area contributed by atoms with Gasteiger partial charge in [0, 0.05) is 24.9 Å². The first-order valence-electron chi connectivity index (χ1n) is 5.69. The lowest BCUT2D eigenvalue weighted by Gasteiger charge is -2.04. The SMILES string of the molecule is [2H]Cc1ccc2c(C[C@H](N)C(=O)O)c[nH]c2c1. The minimum absolute atomic E-state index is 0.235. The van der Waals surface area contributed by atoms with Crippen molar-refractivity contribution in [1.82, 2.24) is 4.98 Å². The summed E-state index contributed by atoms with van der Waals surface area (Å²) in [5, 5.41) is 9.75. The summed E-state index contributed by atoms with van der Waals surface area (Å²) in [5.74, 6) is -0.998. The zero-order valence-electron chi connectivity index (χ0n) is 9.73. The largest absolute Gasteiger partial charge is 0.480 e. The highest BCUT2D eigenvalue weighted by Gasteiger charge is 2.14. The molecule has 1 aromatic carbocycles. The molecule has 0 saturated heterocycles. The molecule has 0 amide bonds. The molecule has 2 aromatic rings. The van der Waals surface area contributed by atoms with E-state index in [1.54, 1.807) is 6.20 Å². The van der Waals surface area contributed by atoms with E-state index >= 15 is 0 Å². The lowest BCUT2D eigenvalue weighted by molar-refractivity contribution is -0.138. The minimum atomic E-state index is -0.998. The highest BCUT2D eigenvalue weighted by Crippen LogP contribution is 2.20. The van der Waals surface area contributed by atoms with Crippen LogP contribution < -0.4 is 5.73 Å². The minimum Gasteiger partial charge on any atom is -0.480 e. The number of hydrogen-bond donors (Lipinski definition) is 3. The predicted octanol–water partition coefficient (Wildman–Crippen LogP) is 1.43. The molecule has 0 aliphatic rings. The van der Waals surface area contributed by atoms with Gasteiger partial charge in [-0.15, -0.1) is 0 Å². The molecular formula is C12H14N2O2. The number of fused-ring (bicyclic) bond motifs is 1. The van der Waals surface area contributed by atoms with Crippen molar-refractivity contribution in [2.75, 3.05) is 0 Å². The summed E-state index contributed by atoms with van der Waals surface area (Å²) in [6, 6.07) is 4.79. The van der Waals surface area contributed by atoms with E-state index in [1.165, 1.54) is 0 Å². The first kappa shape index (κ1) is 9.42. The van der Waals surface area contributed by atoms with Crippen molar-refractivity contribution in [3.63, 3.8) is 0 Å². The molecule has 1 aromatic heterocycles. The quantitative estimate of drug-likeness (QED) is 0.730. The fourth-order valence-corrected chi connectivity index (χ4v) is 1.73. The number of hydrogen-bond acceptors (Lipinski definition) is 2. The van der Waals surface area contributed by atoms with Crippen molar-refractivity contribution in [2.24, 2.45) is 5.73 Å². The van der Waals surface area contributed by atoms with Gasteiger partial charge in [0.05, 0.1) is 0 Å². The Morgan fingerprint density at radius 2 is 2.50 bits per heavy atom. The van der Waals surface area contributed by atoms with Crippen LogP contribution in [0.4, 0.5) is 0 Å². The van der Waals surface area contributed by atoms with Crippen LogP contribution in [0.5, 0.6) is 0 Å². The number of aromatic nitrogens is 1. The van der Waals surface area contributed by atoms with Gasteiger partial charge in [0.1, 0.15) is 6.04 Å². The van der Waals surface area contributed by atoms with Gasteiger partial charge in [0.25, 0.3) is 0 Å². The van der Waals surface area contributed by atoms with Gasteiger partial charge in [-0.2, -0.15) is 0 Å². The molecule has 1 atom stereocenters. The lowest BCUT2D eigenvalue weighted by atomic mass is 10.0. The Morgan fingerprint density at radius 1 is 1.69 bits per heavy atom. The number of benzene rings is 1. The second-order valence-electron chi connectivity index (χ2n) is 3.84. The standard InChI is InChI=1S/C12H14N2O2/c1-7-2-3-9-8(5-10(13)12(15)16)6-14-11(9)4-7/h2-4,6,10,14H,5,13H2,1H3,(H,15,16)/t10-/m0/s1/i1D. The van der Waals surface area contributed by atoms with Gasteiger partial charge in [-0.3, -0.25) is 4.79 Å². The van der Waals surface area contributed by atoms with Crippen molar-refractivity contribution < 1.29 is 11.3 Å². The fraction of sp³-hybridized carbons (Fsp3) is 0.250. The summed E-state index contributed by atoms with van der Waals surface area (Å²) in [7, 11) is 0. The average Bonchev–Trinajstić information content (AvgIpc) is 2.71. The molecule has 1 heterocycles. The van der Waals surface area contributed by atoms with Crippen molar-refractivity contribution >= 4 is 16.9 Å². The molecule has 84 valence electrons. The predicted molar refractivity (Wildman–Crippen MR) is 62.4 cm³/mol. The summed E-state index contributed by atoms with van der Waals surface area (Å²) in [6.07, 6.45) is 2.08. The van der Waals surface area contributed by atoms with Gasteiger partial charge in [0.15, 0.2) is 0 Å². The molecule has 4 N–H and O–H groups in total. The lowest BCUT2D eigenvalue weighted by Crippen LogP contribution is -2.32. The zero-order chi connectivity index (χ0) is 12.4. The highest BCUT2D eigenvalue weighted by molar-refractivity contribution is 5.84. The molecule has 4 nitrogen and oxygen atoms in total. The van der Waals surface area contributed by atoms with Crippen LogP contribution in [0, 0.1) is 6.90 Å². The van der Waals surface area contributed by atoms with Crippen LogP contribution >= 0.6 is 0 Å². The van der Waals surface area contributed by atoms with Crippen LogP contribution in [0.3, 0.4) is 0 Å². The molecule has 0 aliphatic heterocycles. The molecule has 0 saturated carbocycles. The van der Waals surface area contributed by atoms with Gasteiger partial charge in [-0.05, 0) is 24.1 Å². The number of aromatic amines is 1. The summed E-state index contributed by atoms with van der Waals surface area (Å²) in [5.41, 5.74) is 8.25. The van der Waals surface area contributed by atoms with E-state index in [1.807, 2.05) is 18.2 Å². The van der Waals surface area contributed by atoms with Gasteiger partial charge in [0.2, 0.25) is 0 Å². The topological polar surface area (TPSA) is 79.1 Å². The Morgan fingerprint density at radius 3 is 3.19 bits per heavy atom. The molecule has 0 spiro atoms. The number of nitrogens with one attached hydrogen (secondary N) is 1. The maximum atomic E-state index is 10.7. The summed E-state index contributed by atoms with van der Waals surface area (Å²) in [4.78, 5) is 13.8. The van der Waals surface area contributed by atoms with Crippen LogP contribution in [0.1, 0.15) is 12.5 Å². The molecule has 0 unspecified atom stereocenters. The Hall–Kier alpha value is -1.81. The zero-order valence-corrected chi connectivity index (χ0v) is 8.73. The normalized spacial score (nSPS) is 13.7. The van der Waals surface area contributed by atoms with Gasteiger partial charge < -0.3 is 15.8 Å². The number of aryl methyl sites for hydroxylation is 1. The smallest absolute Gasteiger partial charge is 0.320 e. The van der Waals surface area contributed by atoms with Crippen molar-refractivity contribution in [2.45, 2.75) is 19.4 Å². The molecule has 0 radical (unpaired) electrons. The van der Waals surface area contributed by atoms with Crippen LogP contribution in [-0.2, 0) is 11.2 Å². The maximum Gasteiger partial charge on any atom is 0.320 e. The number of aliphatic carboxylic acids is 1. The van der Waals surface area contributed by atoms with E-state index in [0.717, 1.165) is 22.0 Å². The monoisotopic (exact) mass is 219 g/mol. The number of H-pyrrole nitrogens is 1. The third kappa shape index (κ3) is 1.92. The summed E-state index contributed by atoms with van der Waals surface area (Å²) >= 11 is 0. The Kier molecular flexibility index (Phi) is 2.34. The van der Waals surface area contributed by atoms with E-state index < -0.39 is 12.0 Å². The molecular weight excluding hydrogens is 204 g/mol. The van der Waals surface area contributed by atoms with Crippen molar-refractivity contribution in [1.29, 1.82) is 0 Å². The summed E-state index contributed by atoms with van der Waals surface area (Å²) < 4.78 is 7.28. The highest BCUT2D eigenvalue weighted by atomic mass is 16.4. The number of rotatable bonds is 3. The van der Waals surface area contributed by atoms with E-state index in [2.05, 4.69) is 4.98 Å².